The van der Waals surface area contributed by atoms with E-state index in [9.17, 15) is 10.2 Å². The molecular formula is C20H27N7O2. The molecule has 0 aliphatic carbocycles. The van der Waals surface area contributed by atoms with Gasteiger partial charge in [-0.15, -0.1) is 0 Å². The predicted octanol–water partition coefficient (Wildman–Crippen LogP) is 2.39. The van der Waals surface area contributed by atoms with Gasteiger partial charge in [0.05, 0.1) is 24.4 Å². The Morgan fingerprint density at radius 1 is 1.17 bits per heavy atom. The van der Waals surface area contributed by atoms with Crippen molar-refractivity contribution in [3.63, 3.8) is 0 Å². The lowest BCUT2D eigenvalue weighted by atomic mass is 10.0. The molecule has 1 aliphatic rings. The Morgan fingerprint density at radius 2 is 2.03 bits per heavy atom. The minimum absolute atomic E-state index is 0.0609. The summed E-state index contributed by atoms with van der Waals surface area (Å²) in [4.78, 5) is 20.0. The van der Waals surface area contributed by atoms with Crippen LogP contribution < -0.4 is 10.2 Å². The fraction of sp³-hybridized carbons (Fsp3) is 0.500. The van der Waals surface area contributed by atoms with Crippen molar-refractivity contribution >= 4 is 28.6 Å². The summed E-state index contributed by atoms with van der Waals surface area (Å²) >= 11 is 0. The Bertz CT molecular complexity index is 988. The molecule has 0 saturated carbocycles. The van der Waals surface area contributed by atoms with Crippen molar-refractivity contribution in [1.82, 2.24) is 24.5 Å². The van der Waals surface area contributed by atoms with Gasteiger partial charge in [-0.3, -0.25) is 0 Å². The van der Waals surface area contributed by atoms with Crippen LogP contribution in [-0.2, 0) is 6.61 Å². The van der Waals surface area contributed by atoms with Gasteiger partial charge in [-0.2, -0.15) is 4.98 Å². The topological polar surface area (TPSA) is 112 Å². The number of aliphatic hydroxyl groups excluding tert-OH is 2. The molecule has 0 radical (unpaired) electrons. The number of anilines is 3. The van der Waals surface area contributed by atoms with Gasteiger partial charge in [0, 0.05) is 24.8 Å². The van der Waals surface area contributed by atoms with Crippen LogP contribution in [0.2, 0.25) is 0 Å². The molecule has 0 amide bonds. The third-order valence-electron chi connectivity index (χ3n) is 5.30. The van der Waals surface area contributed by atoms with Crippen LogP contribution in [0.15, 0.2) is 24.5 Å². The number of imidazole rings is 1. The predicted molar refractivity (Wildman–Crippen MR) is 111 cm³/mol. The number of aromatic nitrogens is 5. The number of hydrogen-bond donors (Lipinski definition) is 3. The van der Waals surface area contributed by atoms with Crippen molar-refractivity contribution in [1.29, 1.82) is 0 Å². The standard InChI is InChI=1S/C20H27N7O2/c1-13(2)27-16-9-18(22-10-15(16)23-19(27)12-29)24-17-6-7-21-20(25-17)26-8-4-3-5-14(26)11-28/h6-7,9-10,13-14,28-29H,3-5,8,11-12H2,1-2H3,(H,21,22,24,25). The third kappa shape index (κ3) is 3.88. The number of aliphatic hydroxyl groups is 2. The average Bonchev–Trinajstić information content (AvgIpc) is 3.12. The highest BCUT2D eigenvalue weighted by Crippen LogP contribution is 2.26. The normalized spacial score (nSPS) is 17.3. The highest BCUT2D eigenvalue weighted by molar-refractivity contribution is 5.79. The molecule has 1 unspecified atom stereocenters. The zero-order chi connectivity index (χ0) is 20.4. The summed E-state index contributed by atoms with van der Waals surface area (Å²) in [5.41, 5.74) is 1.66. The average molecular weight is 397 g/mol. The van der Waals surface area contributed by atoms with E-state index in [4.69, 9.17) is 0 Å². The van der Waals surface area contributed by atoms with E-state index in [1.54, 1.807) is 18.5 Å². The Labute approximate surface area is 169 Å². The van der Waals surface area contributed by atoms with Crippen molar-refractivity contribution < 1.29 is 10.2 Å². The van der Waals surface area contributed by atoms with E-state index in [1.807, 2.05) is 10.6 Å². The monoisotopic (exact) mass is 397 g/mol. The second kappa shape index (κ2) is 8.30. The van der Waals surface area contributed by atoms with E-state index in [0.717, 1.165) is 36.8 Å². The molecule has 29 heavy (non-hydrogen) atoms. The first-order chi connectivity index (χ1) is 14.1. The molecule has 3 aromatic rings. The molecule has 0 aromatic carbocycles. The Balaban J connectivity index is 1.62. The SMILES string of the molecule is CC(C)n1c(CO)nc2cnc(Nc3ccnc(N4CCCCC4CO)n3)cc21. The highest BCUT2D eigenvalue weighted by Gasteiger charge is 2.24. The highest BCUT2D eigenvalue weighted by atomic mass is 16.3. The summed E-state index contributed by atoms with van der Waals surface area (Å²) in [6, 6.07) is 3.94. The number of rotatable bonds is 6. The van der Waals surface area contributed by atoms with Gasteiger partial charge < -0.3 is 25.0 Å². The first-order valence-electron chi connectivity index (χ1n) is 10.1. The number of nitrogens with one attached hydrogen (secondary N) is 1. The van der Waals surface area contributed by atoms with Gasteiger partial charge in [-0.25, -0.2) is 15.0 Å². The van der Waals surface area contributed by atoms with Crippen LogP contribution in [0.25, 0.3) is 11.0 Å². The maximum absolute atomic E-state index is 9.67. The number of pyridine rings is 1. The summed E-state index contributed by atoms with van der Waals surface area (Å²) < 4.78 is 2.01. The molecule has 9 heteroatoms. The fourth-order valence-electron chi connectivity index (χ4n) is 3.95. The lowest BCUT2D eigenvalue weighted by Gasteiger charge is -2.34. The van der Waals surface area contributed by atoms with Gasteiger partial charge >= 0.3 is 0 Å². The molecule has 154 valence electrons. The maximum atomic E-state index is 9.67. The summed E-state index contributed by atoms with van der Waals surface area (Å²) in [5.74, 6) is 2.52. The molecule has 4 rings (SSSR count). The zero-order valence-corrected chi connectivity index (χ0v) is 16.8. The second-order valence-electron chi connectivity index (χ2n) is 7.60. The van der Waals surface area contributed by atoms with Gasteiger partial charge in [0.1, 0.15) is 29.6 Å². The van der Waals surface area contributed by atoms with Crippen molar-refractivity contribution in [2.45, 2.75) is 51.8 Å². The first-order valence-corrected chi connectivity index (χ1v) is 10.1. The van der Waals surface area contributed by atoms with Crippen LogP contribution in [0, 0.1) is 0 Å². The zero-order valence-electron chi connectivity index (χ0n) is 16.8. The summed E-state index contributed by atoms with van der Waals surface area (Å²) in [5, 5.41) is 22.5. The molecule has 3 N–H and O–H groups in total. The summed E-state index contributed by atoms with van der Waals surface area (Å²) in [6.45, 7) is 4.94. The van der Waals surface area contributed by atoms with Crippen LogP contribution in [0.1, 0.15) is 45.0 Å². The minimum Gasteiger partial charge on any atom is -0.394 e. The van der Waals surface area contributed by atoms with Gasteiger partial charge in [0.2, 0.25) is 5.95 Å². The van der Waals surface area contributed by atoms with E-state index in [0.29, 0.717) is 23.4 Å². The van der Waals surface area contributed by atoms with Crippen molar-refractivity contribution in [2.24, 2.45) is 0 Å². The molecule has 3 aromatic heterocycles. The molecule has 1 saturated heterocycles. The third-order valence-corrected chi connectivity index (χ3v) is 5.30. The van der Waals surface area contributed by atoms with Gasteiger partial charge in [0.15, 0.2) is 0 Å². The molecule has 9 nitrogen and oxygen atoms in total. The summed E-state index contributed by atoms with van der Waals surface area (Å²) in [6.07, 6.45) is 6.55. The van der Waals surface area contributed by atoms with Gasteiger partial charge in [-0.1, -0.05) is 0 Å². The Kier molecular flexibility index (Phi) is 5.59. The van der Waals surface area contributed by atoms with Gasteiger partial charge in [0.25, 0.3) is 0 Å². The molecule has 1 fully saturated rings. The fourth-order valence-corrected chi connectivity index (χ4v) is 3.95. The smallest absolute Gasteiger partial charge is 0.227 e. The number of hydrogen-bond acceptors (Lipinski definition) is 8. The number of nitrogens with zero attached hydrogens (tertiary/aromatic N) is 6. The van der Waals surface area contributed by atoms with E-state index in [2.05, 4.69) is 44.0 Å². The van der Waals surface area contributed by atoms with Crippen LogP contribution in [-0.4, -0.2) is 53.9 Å². The van der Waals surface area contributed by atoms with E-state index >= 15 is 0 Å². The lowest BCUT2D eigenvalue weighted by Crippen LogP contribution is -2.42. The molecule has 0 spiro atoms. The molecule has 1 aliphatic heterocycles. The van der Waals surface area contributed by atoms with Crippen LogP contribution >= 0.6 is 0 Å². The van der Waals surface area contributed by atoms with E-state index in [1.165, 1.54) is 0 Å². The van der Waals surface area contributed by atoms with E-state index in [-0.39, 0.29) is 25.3 Å². The van der Waals surface area contributed by atoms with Crippen molar-refractivity contribution in [3.05, 3.63) is 30.4 Å². The molecule has 1 atom stereocenters. The van der Waals surface area contributed by atoms with Gasteiger partial charge in [-0.05, 0) is 39.2 Å². The Morgan fingerprint density at radius 3 is 2.79 bits per heavy atom. The second-order valence-corrected chi connectivity index (χ2v) is 7.60. The molecular weight excluding hydrogens is 370 g/mol. The van der Waals surface area contributed by atoms with Crippen molar-refractivity contribution in [2.75, 3.05) is 23.4 Å². The van der Waals surface area contributed by atoms with Crippen LogP contribution in [0.5, 0.6) is 0 Å². The van der Waals surface area contributed by atoms with Crippen LogP contribution in [0.3, 0.4) is 0 Å². The first kappa shape index (κ1) is 19.5. The number of fused-ring (bicyclic) bond motifs is 1. The lowest BCUT2D eigenvalue weighted by molar-refractivity contribution is 0.239. The van der Waals surface area contributed by atoms with Crippen molar-refractivity contribution in [3.8, 4) is 0 Å². The van der Waals surface area contributed by atoms with Crippen LogP contribution in [0.4, 0.5) is 17.6 Å². The molecule has 0 bridgehead atoms. The largest absolute Gasteiger partial charge is 0.394 e. The molecule has 4 heterocycles. The number of piperidine rings is 1. The quantitative estimate of drug-likeness (QED) is 0.581. The summed E-state index contributed by atoms with van der Waals surface area (Å²) in [7, 11) is 0. The Hall–Kier alpha value is -2.78. The van der Waals surface area contributed by atoms with E-state index < -0.39 is 0 Å². The maximum Gasteiger partial charge on any atom is 0.227 e. The minimum atomic E-state index is -0.118.